The monoisotopic (exact) mass is 389 g/mol. The molecule has 0 atom stereocenters. The van der Waals surface area contributed by atoms with E-state index < -0.39 is 4.92 Å². The maximum absolute atomic E-state index is 12.5. The molecule has 146 valence electrons. The summed E-state index contributed by atoms with van der Waals surface area (Å²) in [5.74, 6) is -0.540. The van der Waals surface area contributed by atoms with Crippen molar-refractivity contribution in [2.75, 3.05) is 5.32 Å². The fourth-order valence-corrected chi connectivity index (χ4v) is 2.70. The molecule has 0 unspecified atom stereocenters. The van der Waals surface area contributed by atoms with Gasteiger partial charge in [-0.2, -0.15) is 0 Å². The minimum absolute atomic E-state index is 0.0876. The Morgan fingerprint density at radius 2 is 1.55 bits per heavy atom. The molecule has 0 bridgehead atoms. The van der Waals surface area contributed by atoms with E-state index in [1.807, 2.05) is 6.07 Å². The van der Waals surface area contributed by atoms with Crippen molar-refractivity contribution in [3.8, 4) is 0 Å². The molecule has 0 fully saturated rings. The zero-order chi connectivity index (χ0) is 20.8. The van der Waals surface area contributed by atoms with Gasteiger partial charge in [0.05, 0.1) is 10.6 Å². The van der Waals surface area contributed by atoms with Crippen molar-refractivity contribution in [3.63, 3.8) is 0 Å². The predicted octanol–water partition coefficient (Wildman–Crippen LogP) is 4.09. The van der Waals surface area contributed by atoms with E-state index in [1.54, 1.807) is 61.5 Å². The summed E-state index contributed by atoms with van der Waals surface area (Å²) in [7, 11) is 0. The number of carbonyl (C=O) groups excluding carboxylic acids is 2. The lowest BCUT2D eigenvalue weighted by atomic mass is 10.1. The third kappa shape index (κ3) is 5.04. The normalized spacial score (nSPS) is 10.2. The first-order chi connectivity index (χ1) is 13.9. The minimum Gasteiger partial charge on any atom is -0.348 e. The number of anilines is 1. The van der Waals surface area contributed by atoms with Gasteiger partial charge in [-0.15, -0.1) is 0 Å². The van der Waals surface area contributed by atoms with Crippen molar-refractivity contribution < 1.29 is 14.5 Å². The first-order valence-corrected chi connectivity index (χ1v) is 8.92. The van der Waals surface area contributed by atoms with Crippen LogP contribution in [0.15, 0.2) is 72.8 Å². The van der Waals surface area contributed by atoms with E-state index in [9.17, 15) is 19.7 Å². The second-order valence-corrected chi connectivity index (χ2v) is 6.46. The van der Waals surface area contributed by atoms with Crippen molar-refractivity contribution in [3.05, 3.63) is 105 Å². The number of non-ortho nitro benzene ring substituents is 1. The van der Waals surface area contributed by atoms with Crippen LogP contribution in [-0.4, -0.2) is 16.7 Å². The third-order valence-electron chi connectivity index (χ3n) is 4.39. The number of nitrogens with zero attached hydrogens (tertiary/aromatic N) is 1. The molecule has 0 radical (unpaired) electrons. The SMILES string of the molecule is Cc1ccc([N+](=O)[O-])cc1NC(=O)c1ccc(CNC(=O)c2ccccc2)cc1. The number of nitro benzene ring substituents is 1. The molecule has 0 aliphatic carbocycles. The molecule has 7 nitrogen and oxygen atoms in total. The third-order valence-corrected chi connectivity index (χ3v) is 4.39. The average Bonchev–Trinajstić information content (AvgIpc) is 2.74. The highest BCUT2D eigenvalue weighted by Gasteiger charge is 2.12. The number of rotatable bonds is 6. The largest absolute Gasteiger partial charge is 0.348 e. The summed E-state index contributed by atoms with van der Waals surface area (Å²) < 4.78 is 0. The Balaban J connectivity index is 1.62. The van der Waals surface area contributed by atoms with Gasteiger partial charge >= 0.3 is 0 Å². The number of benzene rings is 3. The number of hydrogen-bond donors (Lipinski definition) is 2. The van der Waals surface area contributed by atoms with Crippen LogP contribution in [-0.2, 0) is 6.54 Å². The molecule has 29 heavy (non-hydrogen) atoms. The Morgan fingerprint density at radius 3 is 2.21 bits per heavy atom. The summed E-state index contributed by atoms with van der Waals surface area (Å²) in [6, 6.07) is 20.0. The lowest BCUT2D eigenvalue weighted by molar-refractivity contribution is -0.384. The molecule has 0 spiro atoms. The second-order valence-electron chi connectivity index (χ2n) is 6.46. The number of nitrogens with one attached hydrogen (secondary N) is 2. The summed E-state index contributed by atoms with van der Waals surface area (Å²) in [4.78, 5) is 35.0. The van der Waals surface area contributed by atoms with Crippen molar-refractivity contribution in [1.82, 2.24) is 5.32 Å². The second kappa shape index (κ2) is 8.79. The lowest BCUT2D eigenvalue weighted by Gasteiger charge is -2.09. The molecule has 2 amide bonds. The highest BCUT2D eigenvalue weighted by molar-refractivity contribution is 6.04. The number of aryl methyl sites for hydroxylation is 1. The average molecular weight is 389 g/mol. The number of carbonyl (C=O) groups is 2. The van der Waals surface area contributed by atoms with Gasteiger partial charge in [0.2, 0.25) is 0 Å². The Labute approximate surface area is 167 Å². The molecule has 0 aliphatic rings. The first-order valence-electron chi connectivity index (χ1n) is 8.92. The van der Waals surface area contributed by atoms with Crippen LogP contribution in [0.25, 0.3) is 0 Å². The summed E-state index contributed by atoms with van der Waals surface area (Å²) in [5.41, 5.74) is 2.87. The molecule has 7 heteroatoms. The molecule has 0 aromatic heterocycles. The van der Waals surface area contributed by atoms with E-state index in [-0.39, 0.29) is 17.5 Å². The lowest BCUT2D eigenvalue weighted by Crippen LogP contribution is -2.22. The maximum Gasteiger partial charge on any atom is 0.271 e. The van der Waals surface area contributed by atoms with Gasteiger partial charge in [0.15, 0.2) is 0 Å². The van der Waals surface area contributed by atoms with E-state index in [4.69, 9.17) is 0 Å². The number of hydrogen-bond acceptors (Lipinski definition) is 4. The molecular formula is C22H19N3O4. The van der Waals surface area contributed by atoms with Crippen LogP contribution in [0.3, 0.4) is 0 Å². The van der Waals surface area contributed by atoms with Crippen LogP contribution in [0.2, 0.25) is 0 Å². The summed E-state index contributed by atoms with van der Waals surface area (Å²) in [6.07, 6.45) is 0. The fraction of sp³-hybridized carbons (Fsp3) is 0.0909. The van der Waals surface area contributed by atoms with Crippen LogP contribution in [0.1, 0.15) is 31.8 Å². The van der Waals surface area contributed by atoms with Crippen LogP contribution >= 0.6 is 0 Å². The minimum atomic E-state index is -0.506. The van der Waals surface area contributed by atoms with E-state index in [0.717, 1.165) is 11.1 Å². The van der Waals surface area contributed by atoms with Gasteiger partial charge in [-0.1, -0.05) is 36.4 Å². The molecule has 0 heterocycles. The Morgan fingerprint density at radius 1 is 0.897 bits per heavy atom. The zero-order valence-electron chi connectivity index (χ0n) is 15.7. The van der Waals surface area contributed by atoms with E-state index >= 15 is 0 Å². The highest BCUT2D eigenvalue weighted by Crippen LogP contribution is 2.22. The van der Waals surface area contributed by atoms with Crippen LogP contribution in [0.5, 0.6) is 0 Å². The van der Waals surface area contributed by atoms with Crippen LogP contribution in [0, 0.1) is 17.0 Å². The van der Waals surface area contributed by atoms with Crippen LogP contribution < -0.4 is 10.6 Å². The molecule has 0 aliphatic heterocycles. The van der Waals surface area contributed by atoms with Crippen molar-refractivity contribution in [1.29, 1.82) is 0 Å². The van der Waals surface area contributed by atoms with E-state index in [1.165, 1.54) is 12.1 Å². The summed E-state index contributed by atoms with van der Waals surface area (Å²) >= 11 is 0. The van der Waals surface area contributed by atoms with E-state index in [0.29, 0.717) is 23.4 Å². The van der Waals surface area contributed by atoms with Gasteiger partial charge in [0.1, 0.15) is 0 Å². The Bertz CT molecular complexity index is 1050. The number of amides is 2. The maximum atomic E-state index is 12.5. The van der Waals surface area contributed by atoms with Crippen molar-refractivity contribution in [2.24, 2.45) is 0 Å². The van der Waals surface area contributed by atoms with Gasteiger partial charge in [0, 0.05) is 29.8 Å². The molecule has 3 aromatic carbocycles. The molecule has 2 N–H and O–H groups in total. The zero-order valence-corrected chi connectivity index (χ0v) is 15.7. The topological polar surface area (TPSA) is 101 Å². The summed E-state index contributed by atoms with van der Waals surface area (Å²) in [5, 5.41) is 16.4. The van der Waals surface area contributed by atoms with Gasteiger partial charge in [-0.3, -0.25) is 19.7 Å². The molecule has 3 rings (SSSR count). The standard InChI is InChI=1S/C22H19N3O4/c1-15-7-12-19(25(28)29)13-20(15)24-22(27)18-10-8-16(9-11-18)14-23-21(26)17-5-3-2-4-6-17/h2-13H,14H2,1H3,(H,23,26)(H,24,27). The summed E-state index contributed by atoms with van der Waals surface area (Å²) in [6.45, 7) is 2.09. The quantitative estimate of drug-likeness (QED) is 0.490. The molecule has 0 saturated heterocycles. The Kier molecular flexibility index (Phi) is 5.99. The van der Waals surface area contributed by atoms with Gasteiger partial charge < -0.3 is 10.6 Å². The smallest absolute Gasteiger partial charge is 0.271 e. The van der Waals surface area contributed by atoms with Gasteiger partial charge in [0.25, 0.3) is 17.5 Å². The first kappa shape index (κ1) is 19.8. The molecule has 0 saturated carbocycles. The fourth-order valence-electron chi connectivity index (χ4n) is 2.70. The molecule has 3 aromatic rings. The van der Waals surface area contributed by atoms with Crippen molar-refractivity contribution >= 4 is 23.2 Å². The van der Waals surface area contributed by atoms with Gasteiger partial charge in [-0.05, 0) is 42.3 Å². The molecular weight excluding hydrogens is 370 g/mol. The number of nitro groups is 1. The van der Waals surface area contributed by atoms with Crippen LogP contribution in [0.4, 0.5) is 11.4 Å². The van der Waals surface area contributed by atoms with Gasteiger partial charge in [-0.25, -0.2) is 0 Å². The predicted molar refractivity (Wildman–Crippen MR) is 110 cm³/mol. The highest BCUT2D eigenvalue weighted by atomic mass is 16.6. The van der Waals surface area contributed by atoms with E-state index in [2.05, 4.69) is 10.6 Å². The Hall–Kier alpha value is -4.00. The van der Waals surface area contributed by atoms with Crippen molar-refractivity contribution in [2.45, 2.75) is 13.5 Å².